The third kappa shape index (κ3) is 3.34. The van der Waals surface area contributed by atoms with E-state index in [1.807, 2.05) is 0 Å². The Bertz CT molecular complexity index is 582. The highest BCUT2D eigenvalue weighted by Crippen LogP contribution is 2.28. The van der Waals surface area contributed by atoms with E-state index in [4.69, 9.17) is 4.74 Å². The molecule has 1 aliphatic heterocycles. The van der Waals surface area contributed by atoms with Crippen LogP contribution in [0, 0.1) is 0 Å². The van der Waals surface area contributed by atoms with Gasteiger partial charge in [-0.15, -0.1) is 4.52 Å². The lowest BCUT2D eigenvalue weighted by atomic mass is 10.2. The van der Waals surface area contributed by atoms with Crippen molar-refractivity contribution in [3.8, 4) is 0 Å². The molecular formula is C9H11N2O7P. The molecule has 0 aromatic carbocycles. The molecule has 1 aromatic heterocycles. The lowest BCUT2D eigenvalue weighted by molar-refractivity contribution is -0.189. The Hall–Kier alpha value is -1.38. The van der Waals surface area contributed by atoms with Gasteiger partial charge in [-0.1, -0.05) is 0 Å². The molecule has 0 bridgehead atoms. The van der Waals surface area contributed by atoms with E-state index >= 15 is 0 Å². The maximum atomic E-state index is 11.5. The molecule has 10 heteroatoms. The fourth-order valence-electron chi connectivity index (χ4n) is 1.82. The second-order valence-electron chi connectivity index (χ2n) is 3.97. The van der Waals surface area contributed by atoms with E-state index in [9.17, 15) is 24.2 Å². The molecule has 0 spiro atoms. The summed E-state index contributed by atoms with van der Waals surface area (Å²) in [6.07, 6.45) is -1.25. The van der Waals surface area contributed by atoms with E-state index in [0.29, 0.717) is 0 Å². The third-order valence-corrected chi connectivity index (χ3v) is 3.07. The highest BCUT2D eigenvalue weighted by Gasteiger charge is 2.36. The molecule has 4 atom stereocenters. The van der Waals surface area contributed by atoms with E-state index in [-0.39, 0.29) is 13.0 Å². The normalized spacial score (nSPS) is 27.5. The van der Waals surface area contributed by atoms with Gasteiger partial charge in [0.25, 0.3) is 5.56 Å². The molecule has 0 amide bonds. The van der Waals surface area contributed by atoms with Gasteiger partial charge in [-0.3, -0.25) is 14.3 Å². The van der Waals surface area contributed by atoms with Crippen LogP contribution in [-0.4, -0.2) is 33.5 Å². The molecule has 1 aliphatic rings. The van der Waals surface area contributed by atoms with Gasteiger partial charge in [0.05, 0.1) is 6.10 Å². The highest BCUT2D eigenvalue weighted by atomic mass is 31.1. The summed E-state index contributed by atoms with van der Waals surface area (Å²) < 4.78 is 21.1. The van der Waals surface area contributed by atoms with Crippen molar-refractivity contribution >= 4 is 8.25 Å². The molecule has 104 valence electrons. The van der Waals surface area contributed by atoms with Crippen molar-refractivity contribution in [1.29, 1.82) is 0 Å². The highest BCUT2D eigenvalue weighted by molar-refractivity contribution is 7.30. The Morgan fingerprint density at radius 1 is 1.63 bits per heavy atom. The molecule has 2 N–H and O–H groups in total. The number of nitrogens with one attached hydrogen (secondary N) is 1. The second kappa shape index (κ2) is 5.72. The summed E-state index contributed by atoms with van der Waals surface area (Å²) in [6, 6.07) is 1.15. The van der Waals surface area contributed by atoms with Gasteiger partial charge in [-0.25, -0.2) is 4.79 Å². The largest absolute Gasteiger partial charge is 0.566 e. The van der Waals surface area contributed by atoms with Gasteiger partial charge in [0.1, 0.15) is 18.9 Å². The molecule has 0 aliphatic carbocycles. The minimum Gasteiger partial charge on any atom is -0.566 e. The summed E-state index contributed by atoms with van der Waals surface area (Å²) in [5.74, 6) is 0. The van der Waals surface area contributed by atoms with Crippen LogP contribution in [0.4, 0.5) is 0 Å². The average Bonchev–Trinajstić information content (AvgIpc) is 2.67. The summed E-state index contributed by atoms with van der Waals surface area (Å²) in [5, 5.41) is 9.69. The molecule has 1 saturated heterocycles. The Kier molecular flexibility index (Phi) is 4.23. The molecule has 2 heterocycles. The van der Waals surface area contributed by atoms with Gasteiger partial charge >= 0.3 is 13.9 Å². The number of aromatic nitrogens is 2. The molecule has 0 saturated carbocycles. The van der Waals surface area contributed by atoms with Crippen LogP contribution in [0.3, 0.4) is 0 Å². The predicted molar refractivity (Wildman–Crippen MR) is 59.4 cm³/mol. The van der Waals surface area contributed by atoms with Gasteiger partial charge in [0.15, 0.2) is 0 Å². The zero-order valence-electron chi connectivity index (χ0n) is 9.59. The summed E-state index contributed by atoms with van der Waals surface area (Å²) >= 11 is 0. The molecular weight excluding hydrogens is 279 g/mol. The molecule has 2 rings (SSSR count). The lowest BCUT2D eigenvalue weighted by Crippen LogP contribution is -2.31. The van der Waals surface area contributed by atoms with Crippen molar-refractivity contribution in [3.63, 3.8) is 0 Å². The number of ether oxygens (including phenoxy) is 1. The minimum atomic E-state index is -3.02. The Morgan fingerprint density at radius 2 is 2.37 bits per heavy atom. The quantitative estimate of drug-likeness (QED) is 0.626. The summed E-state index contributed by atoms with van der Waals surface area (Å²) in [5.41, 5.74) is -1.20. The van der Waals surface area contributed by atoms with Crippen molar-refractivity contribution in [2.75, 3.05) is 6.61 Å². The lowest BCUT2D eigenvalue weighted by Gasteiger charge is -2.13. The van der Waals surface area contributed by atoms with E-state index in [1.54, 1.807) is 0 Å². The average molecular weight is 290 g/mol. The second-order valence-corrected chi connectivity index (χ2v) is 4.67. The number of nitrogens with zero attached hydrogens (tertiary/aromatic N) is 1. The van der Waals surface area contributed by atoms with Gasteiger partial charge < -0.3 is 14.7 Å². The van der Waals surface area contributed by atoms with Crippen molar-refractivity contribution in [2.45, 2.75) is 24.9 Å². The van der Waals surface area contributed by atoms with Crippen LogP contribution < -0.4 is 16.1 Å². The number of rotatable bonds is 4. The van der Waals surface area contributed by atoms with Gasteiger partial charge in [0, 0.05) is 18.7 Å². The van der Waals surface area contributed by atoms with Crippen molar-refractivity contribution < 1.29 is 23.8 Å². The molecule has 1 unspecified atom stereocenters. The zero-order chi connectivity index (χ0) is 14.0. The van der Waals surface area contributed by atoms with Crippen molar-refractivity contribution in [2.24, 2.45) is 0 Å². The van der Waals surface area contributed by atoms with Gasteiger partial charge in [-0.2, -0.15) is 0 Å². The number of aliphatic hydroxyl groups excluding tert-OH is 1. The van der Waals surface area contributed by atoms with Crippen LogP contribution >= 0.6 is 8.25 Å². The Labute approximate surface area is 107 Å². The van der Waals surface area contributed by atoms with Crippen LogP contribution in [0.1, 0.15) is 12.6 Å². The van der Waals surface area contributed by atoms with E-state index in [1.165, 1.54) is 6.20 Å². The topological polar surface area (TPSA) is 134 Å². The first-order valence-corrected chi connectivity index (χ1v) is 6.49. The summed E-state index contributed by atoms with van der Waals surface area (Å²) in [4.78, 5) is 34.8. The van der Waals surface area contributed by atoms with Crippen LogP contribution in [0.5, 0.6) is 0 Å². The number of aromatic amines is 1. The fourth-order valence-corrected chi connectivity index (χ4v) is 2.09. The first-order chi connectivity index (χ1) is 8.97. The molecule has 0 radical (unpaired) electrons. The SMILES string of the molecule is O=c1ccn([C@H]2C[C@H](O)[C@@H](CO[P+](=O)[O-])O2)c(=O)[nH]1. The Balaban J connectivity index is 2.09. The third-order valence-electron chi connectivity index (χ3n) is 2.71. The molecule has 9 nitrogen and oxygen atoms in total. The van der Waals surface area contributed by atoms with Crippen LogP contribution in [0.2, 0.25) is 0 Å². The van der Waals surface area contributed by atoms with E-state index < -0.39 is 37.9 Å². The van der Waals surface area contributed by atoms with Crippen molar-refractivity contribution in [3.05, 3.63) is 33.1 Å². The number of hydrogen-bond donors (Lipinski definition) is 2. The van der Waals surface area contributed by atoms with E-state index in [0.717, 1.165) is 10.6 Å². The summed E-state index contributed by atoms with van der Waals surface area (Å²) in [6.45, 7) is -0.325. The predicted octanol–water partition coefficient (Wildman–Crippen LogP) is -1.78. The van der Waals surface area contributed by atoms with E-state index in [2.05, 4.69) is 9.51 Å². The fraction of sp³-hybridized carbons (Fsp3) is 0.556. The van der Waals surface area contributed by atoms with Crippen LogP contribution in [0.15, 0.2) is 21.9 Å². The van der Waals surface area contributed by atoms with Gasteiger partial charge in [-0.05, 0) is 4.57 Å². The number of hydrogen-bond acceptors (Lipinski definition) is 7. The first kappa shape index (κ1) is 14.0. The minimum absolute atomic E-state index is 0.0929. The maximum Gasteiger partial charge on any atom is 0.488 e. The monoisotopic (exact) mass is 290 g/mol. The number of H-pyrrole nitrogens is 1. The number of aliphatic hydroxyl groups is 1. The van der Waals surface area contributed by atoms with Crippen LogP contribution in [0.25, 0.3) is 0 Å². The van der Waals surface area contributed by atoms with Crippen LogP contribution in [-0.2, 0) is 13.8 Å². The van der Waals surface area contributed by atoms with Crippen molar-refractivity contribution in [1.82, 2.24) is 9.55 Å². The molecule has 19 heavy (non-hydrogen) atoms. The smallest absolute Gasteiger partial charge is 0.488 e. The van der Waals surface area contributed by atoms with Gasteiger partial charge in [0.2, 0.25) is 0 Å². The Morgan fingerprint density at radius 3 is 3.00 bits per heavy atom. The molecule has 1 aromatic rings. The summed E-state index contributed by atoms with van der Waals surface area (Å²) in [7, 11) is -3.02. The molecule has 1 fully saturated rings. The maximum absolute atomic E-state index is 11.5. The standard InChI is InChI=1S/C9H11N2O7P/c12-5-3-8(18-6(5)4-17-19(15)16)11-2-1-7(13)10-9(11)14/h1-2,5-6,8,12H,3-4H2,(H,10,13,14)/t5-,6+,8+/m0/s1. The first-order valence-electron chi connectivity index (χ1n) is 5.39. The zero-order valence-corrected chi connectivity index (χ0v) is 10.5.